The van der Waals surface area contributed by atoms with Crippen LogP contribution in [0.2, 0.25) is 0 Å². The van der Waals surface area contributed by atoms with Gasteiger partial charge in [0.2, 0.25) is 0 Å². The molecule has 1 aliphatic rings. The molecule has 5 heteroatoms. The summed E-state index contributed by atoms with van der Waals surface area (Å²) in [5.74, 6) is 0. The van der Waals surface area contributed by atoms with Gasteiger partial charge in [-0.05, 0) is 45.9 Å². The molecule has 1 heterocycles. The van der Waals surface area contributed by atoms with Crippen molar-refractivity contribution < 1.29 is 13.2 Å². The van der Waals surface area contributed by atoms with Crippen LogP contribution < -0.4 is 9.80 Å². The molecular weight excluding hydrogens is 253 g/mol. The van der Waals surface area contributed by atoms with Crippen LogP contribution in [0.5, 0.6) is 0 Å². The van der Waals surface area contributed by atoms with Crippen molar-refractivity contribution in [1.29, 1.82) is 0 Å². The monoisotopic (exact) mass is 272 g/mol. The van der Waals surface area contributed by atoms with E-state index in [1.54, 1.807) is 6.07 Å². The van der Waals surface area contributed by atoms with Gasteiger partial charge in [-0.3, -0.25) is 0 Å². The summed E-state index contributed by atoms with van der Waals surface area (Å²) in [5, 5.41) is 0. The molecule has 0 spiro atoms. The minimum atomic E-state index is -4.29. The highest BCUT2D eigenvalue weighted by molar-refractivity contribution is 5.77. The number of anilines is 2. The van der Waals surface area contributed by atoms with Gasteiger partial charge in [-0.1, -0.05) is 0 Å². The Morgan fingerprint density at radius 1 is 0.947 bits per heavy atom. The van der Waals surface area contributed by atoms with Gasteiger partial charge in [-0.2, -0.15) is 13.2 Å². The van der Waals surface area contributed by atoms with Crippen LogP contribution in [-0.4, -0.2) is 18.8 Å². The Balaban J connectivity index is 2.49. The third-order valence-corrected chi connectivity index (χ3v) is 3.47. The summed E-state index contributed by atoms with van der Waals surface area (Å²) >= 11 is 0. The van der Waals surface area contributed by atoms with Crippen molar-refractivity contribution >= 4 is 11.4 Å². The molecule has 2 nitrogen and oxygen atoms in total. The van der Waals surface area contributed by atoms with E-state index in [-0.39, 0.29) is 12.1 Å². The molecule has 0 unspecified atom stereocenters. The Morgan fingerprint density at radius 3 is 1.95 bits per heavy atom. The number of nitrogens with zero attached hydrogens (tertiary/aromatic N) is 2. The lowest BCUT2D eigenvalue weighted by Gasteiger charge is -2.27. The lowest BCUT2D eigenvalue weighted by atomic mass is 10.1. The fourth-order valence-corrected chi connectivity index (χ4v) is 2.37. The van der Waals surface area contributed by atoms with E-state index in [9.17, 15) is 13.2 Å². The standard InChI is InChI=1S/C14H19F3N2/c1-9(2)18-8-19(10(3)4)13-7-11(14(15,16)17)5-6-12(13)18/h5-7,9-10H,8H2,1-4H3. The molecule has 0 aromatic heterocycles. The van der Waals surface area contributed by atoms with Gasteiger partial charge in [-0.15, -0.1) is 0 Å². The van der Waals surface area contributed by atoms with E-state index >= 15 is 0 Å². The van der Waals surface area contributed by atoms with Crippen molar-refractivity contribution in [3.05, 3.63) is 23.8 Å². The van der Waals surface area contributed by atoms with E-state index < -0.39 is 11.7 Å². The first kappa shape index (κ1) is 14.0. The lowest BCUT2D eigenvalue weighted by Crippen LogP contribution is -2.38. The Hall–Kier alpha value is -1.39. The highest BCUT2D eigenvalue weighted by atomic mass is 19.4. The van der Waals surface area contributed by atoms with E-state index in [1.165, 1.54) is 6.07 Å². The number of hydrogen-bond acceptors (Lipinski definition) is 2. The third-order valence-electron chi connectivity index (χ3n) is 3.47. The summed E-state index contributed by atoms with van der Waals surface area (Å²) in [7, 11) is 0. The zero-order valence-corrected chi connectivity index (χ0v) is 11.6. The van der Waals surface area contributed by atoms with Gasteiger partial charge in [0.15, 0.2) is 0 Å². The topological polar surface area (TPSA) is 6.48 Å². The molecule has 1 aromatic carbocycles. The average Bonchev–Trinajstić information content (AvgIpc) is 2.66. The number of fused-ring (bicyclic) bond motifs is 1. The van der Waals surface area contributed by atoms with Crippen LogP contribution in [0.15, 0.2) is 18.2 Å². The quantitative estimate of drug-likeness (QED) is 0.799. The summed E-state index contributed by atoms with van der Waals surface area (Å²) in [6.45, 7) is 8.73. The van der Waals surface area contributed by atoms with Crippen LogP contribution in [-0.2, 0) is 6.18 Å². The average molecular weight is 272 g/mol. The Bertz CT molecular complexity index is 466. The molecule has 0 bridgehead atoms. The van der Waals surface area contributed by atoms with Crippen molar-refractivity contribution in [2.24, 2.45) is 0 Å². The van der Waals surface area contributed by atoms with Gasteiger partial charge in [0.1, 0.15) is 0 Å². The zero-order chi connectivity index (χ0) is 14.4. The SMILES string of the molecule is CC(C)N1CN(C(C)C)c2cc(C(F)(F)F)ccc21. The van der Waals surface area contributed by atoms with Gasteiger partial charge >= 0.3 is 6.18 Å². The highest BCUT2D eigenvalue weighted by Gasteiger charge is 2.35. The van der Waals surface area contributed by atoms with Crippen LogP contribution in [0.4, 0.5) is 24.5 Å². The summed E-state index contributed by atoms with van der Waals surface area (Å²) in [6, 6.07) is 4.45. The number of alkyl halides is 3. The van der Waals surface area contributed by atoms with Crippen LogP contribution in [0.1, 0.15) is 33.3 Å². The molecule has 106 valence electrons. The van der Waals surface area contributed by atoms with Gasteiger partial charge in [0.25, 0.3) is 0 Å². The van der Waals surface area contributed by atoms with Gasteiger partial charge in [0.05, 0.1) is 23.6 Å². The summed E-state index contributed by atoms with van der Waals surface area (Å²) in [6.07, 6.45) is -4.29. The van der Waals surface area contributed by atoms with Gasteiger partial charge < -0.3 is 9.80 Å². The minimum absolute atomic E-state index is 0.172. The molecule has 0 amide bonds. The summed E-state index contributed by atoms with van der Waals surface area (Å²) in [4.78, 5) is 4.13. The third kappa shape index (κ3) is 2.51. The molecule has 1 aromatic rings. The van der Waals surface area contributed by atoms with E-state index in [0.29, 0.717) is 12.4 Å². The molecule has 2 rings (SSSR count). The van der Waals surface area contributed by atoms with Crippen LogP contribution in [0.3, 0.4) is 0 Å². The molecule has 0 radical (unpaired) electrons. The van der Waals surface area contributed by atoms with Crippen molar-refractivity contribution in [3.63, 3.8) is 0 Å². The first-order valence-corrected chi connectivity index (χ1v) is 6.46. The van der Waals surface area contributed by atoms with Crippen LogP contribution in [0, 0.1) is 0 Å². The number of halogens is 3. The Labute approximate surface area is 111 Å². The Kier molecular flexibility index (Phi) is 3.41. The lowest BCUT2D eigenvalue weighted by molar-refractivity contribution is -0.137. The smallest absolute Gasteiger partial charge is 0.350 e. The van der Waals surface area contributed by atoms with Crippen molar-refractivity contribution in [1.82, 2.24) is 0 Å². The largest absolute Gasteiger partial charge is 0.416 e. The summed E-state index contributed by atoms with van der Waals surface area (Å²) < 4.78 is 38.4. The number of benzene rings is 1. The summed E-state index contributed by atoms with van der Waals surface area (Å²) in [5.41, 5.74) is 0.984. The first-order chi connectivity index (χ1) is 8.71. The number of hydrogen-bond donors (Lipinski definition) is 0. The molecule has 0 saturated carbocycles. The van der Waals surface area contributed by atoms with Crippen molar-refractivity contribution in [2.75, 3.05) is 16.5 Å². The zero-order valence-electron chi connectivity index (χ0n) is 11.6. The molecule has 0 saturated heterocycles. The second-order valence-corrected chi connectivity index (χ2v) is 5.47. The second-order valence-electron chi connectivity index (χ2n) is 5.47. The molecule has 0 N–H and O–H groups in total. The van der Waals surface area contributed by atoms with E-state index in [1.807, 2.05) is 32.6 Å². The van der Waals surface area contributed by atoms with Crippen molar-refractivity contribution in [2.45, 2.75) is 46.0 Å². The molecular formula is C14H19F3N2. The van der Waals surface area contributed by atoms with Crippen LogP contribution >= 0.6 is 0 Å². The van der Waals surface area contributed by atoms with E-state index in [2.05, 4.69) is 4.90 Å². The van der Waals surface area contributed by atoms with E-state index in [4.69, 9.17) is 0 Å². The van der Waals surface area contributed by atoms with Gasteiger partial charge in [-0.25, -0.2) is 0 Å². The molecule has 1 aliphatic heterocycles. The molecule has 19 heavy (non-hydrogen) atoms. The normalized spacial score (nSPS) is 15.6. The van der Waals surface area contributed by atoms with E-state index in [0.717, 1.165) is 11.8 Å². The fraction of sp³-hybridized carbons (Fsp3) is 0.571. The predicted molar refractivity (Wildman–Crippen MR) is 71.5 cm³/mol. The predicted octanol–water partition coefficient (Wildman–Crippen LogP) is 4.11. The molecule has 0 aliphatic carbocycles. The maximum absolute atomic E-state index is 12.8. The maximum atomic E-state index is 12.8. The number of rotatable bonds is 2. The van der Waals surface area contributed by atoms with Gasteiger partial charge in [0, 0.05) is 12.1 Å². The minimum Gasteiger partial charge on any atom is -0.350 e. The molecule has 0 atom stereocenters. The first-order valence-electron chi connectivity index (χ1n) is 6.46. The fourth-order valence-electron chi connectivity index (χ4n) is 2.37. The van der Waals surface area contributed by atoms with Crippen LogP contribution in [0.25, 0.3) is 0 Å². The maximum Gasteiger partial charge on any atom is 0.416 e. The van der Waals surface area contributed by atoms with Crippen molar-refractivity contribution in [3.8, 4) is 0 Å². The Morgan fingerprint density at radius 2 is 1.47 bits per heavy atom. The molecule has 0 fully saturated rings. The highest BCUT2D eigenvalue weighted by Crippen LogP contribution is 2.42. The second kappa shape index (κ2) is 4.62.